The summed E-state index contributed by atoms with van der Waals surface area (Å²) in [5.74, 6) is -2.31. The van der Waals surface area contributed by atoms with Crippen LogP contribution in [0.15, 0.2) is 0 Å². The quantitative estimate of drug-likeness (QED) is 0.761. The van der Waals surface area contributed by atoms with Gasteiger partial charge >= 0.3 is 0 Å². The first-order chi connectivity index (χ1) is 7.94. The van der Waals surface area contributed by atoms with E-state index in [1.54, 1.807) is 0 Å². The maximum absolute atomic E-state index is 12.9. The molecule has 0 aromatic heterocycles. The van der Waals surface area contributed by atoms with Gasteiger partial charge < -0.3 is 5.32 Å². The standard InChI is InChI=1S/C12H20ClF2NO/c1-9(3-2-8-13)16-11(17)10-4-6-12(14,15)7-5-10/h9-10H,2-8H2,1H3,(H,16,17). The Bertz CT molecular complexity index is 251. The molecule has 1 aliphatic carbocycles. The average molecular weight is 268 g/mol. The van der Waals surface area contributed by atoms with Gasteiger partial charge in [0.2, 0.25) is 11.8 Å². The van der Waals surface area contributed by atoms with Crippen molar-refractivity contribution in [1.82, 2.24) is 5.32 Å². The summed E-state index contributed by atoms with van der Waals surface area (Å²) in [6, 6.07) is 0.0729. The Kier molecular flexibility index (Phi) is 5.63. The highest BCUT2D eigenvalue weighted by molar-refractivity contribution is 6.17. The predicted octanol–water partition coefficient (Wildman–Crippen LogP) is 3.34. The van der Waals surface area contributed by atoms with Gasteiger partial charge in [-0.2, -0.15) is 0 Å². The van der Waals surface area contributed by atoms with Crippen molar-refractivity contribution in [2.24, 2.45) is 5.92 Å². The molecule has 1 unspecified atom stereocenters. The molecule has 1 atom stereocenters. The van der Waals surface area contributed by atoms with Crippen LogP contribution in [0, 0.1) is 5.92 Å². The fraction of sp³-hybridized carbons (Fsp3) is 0.917. The Morgan fingerprint density at radius 1 is 1.47 bits per heavy atom. The fourth-order valence-corrected chi connectivity index (χ4v) is 2.27. The summed E-state index contributed by atoms with van der Waals surface area (Å²) in [6.45, 7) is 1.92. The third-order valence-corrected chi connectivity index (χ3v) is 3.51. The molecule has 2 nitrogen and oxygen atoms in total. The van der Waals surface area contributed by atoms with Crippen molar-refractivity contribution in [3.8, 4) is 0 Å². The van der Waals surface area contributed by atoms with Crippen molar-refractivity contribution in [2.75, 3.05) is 5.88 Å². The van der Waals surface area contributed by atoms with E-state index in [0.29, 0.717) is 18.7 Å². The van der Waals surface area contributed by atoms with E-state index in [0.717, 1.165) is 12.8 Å². The zero-order chi connectivity index (χ0) is 12.9. The number of carbonyl (C=O) groups is 1. The van der Waals surface area contributed by atoms with E-state index in [1.165, 1.54) is 0 Å². The van der Waals surface area contributed by atoms with Crippen LogP contribution in [0.1, 0.15) is 45.4 Å². The first kappa shape index (κ1) is 14.7. The predicted molar refractivity (Wildman–Crippen MR) is 64.5 cm³/mol. The summed E-state index contributed by atoms with van der Waals surface area (Å²) < 4.78 is 25.8. The third-order valence-electron chi connectivity index (χ3n) is 3.25. The van der Waals surface area contributed by atoms with Crippen LogP contribution in [0.4, 0.5) is 8.78 Å². The van der Waals surface area contributed by atoms with Crippen LogP contribution in [-0.2, 0) is 4.79 Å². The third kappa shape index (κ3) is 5.19. The molecule has 0 aromatic rings. The highest BCUT2D eigenvalue weighted by Gasteiger charge is 2.37. The monoisotopic (exact) mass is 267 g/mol. The Morgan fingerprint density at radius 2 is 2.06 bits per heavy atom. The number of halogens is 3. The Balaban J connectivity index is 2.29. The van der Waals surface area contributed by atoms with Gasteiger partial charge in [-0.1, -0.05) is 0 Å². The molecule has 100 valence electrons. The molecule has 0 aliphatic heterocycles. The van der Waals surface area contributed by atoms with Gasteiger partial charge in [-0.15, -0.1) is 11.6 Å². The van der Waals surface area contributed by atoms with Gasteiger partial charge in [-0.3, -0.25) is 4.79 Å². The summed E-state index contributed by atoms with van der Waals surface area (Å²) in [5, 5.41) is 2.87. The van der Waals surface area contributed by atoms with E-state index in [2.05, 4.69) is 5.32 Å². The molecular weight excluding hydrogens is 248 g/mol. The van der Waals surface area contributed by atoms with Crippen molar-refractivity contribution in [1.29, 1.82) is 0 Å². The lowest BCUT2D eigenvalue weighted by Crippen LogP contribution is -2.40. The maximum atomic E-state index is 12.9. The lowest BCUT2D eigenvalue weighted by molar-refractivity contribution is -0.129. The first-order valence-electron chi connectivity index (χ1n) is 6.19. The molecule has 17 heavy (non-hydrogen) atoms. The highest BCUT2D eigenvalue weighted by atomic mass is 35.5. The second-order valence-electron chi connectivity index (χ2n) is 4.87. The molecule has 0 aromatic carbocycles. The molecule has 1 aliphatic rings. The average Bonchev–Trinajstić information content (AvgIpc) is 2.26. The van der Waals surface area contributed by atoms with Gasteiger partial charge in [0.1, 0.15) is 0 Å². The van der Waals surface area contributed by atoms with Crippen molar-refractivity contribution >= 4 is 17.5 Å². The minimum Gasteiger partial charge on any atom is -0.353 e. The zero-order valence-electron chi connectivity index (χ0n) is 10.1. The van der Waals surface area contributed by atoms with Crippen LogP contribution in [0.5, 0.6) is 0 Å². The van der Waals surface area contributed by atoms with Gasteiger partial charge in [-0.25, -0.2) is 8.78 Å². The largest absolute Gasteiger partial charge is 0.353 e. The molecule has 5 heteroatoms. The maximum Gasteiger partial charge on any atom is 0.248 e. The molecule has 0 heterocycles. The number of rotatable bonds is 5. The molecule has 0 bridgehead atoms. The van der Waals surface area contributed by atoms with Crippen molar-refractivity contribution in [3.63, 3.8) is 0 Å². The number of alkyl halides is 3. The van der Waals surface area contributed by atoms with Crippen LogP contribution in [0.3, 0.4) is 0 Å². The number of nitrogens with one attached hydrogen (secondary N) is 1. The Labute approximate surface area is 106 Å². The Morgan fingerprint density at radius 3 is 2.59 bits per heavy atom. The molecule has 1 amide bonds. The molecule has 1 saturated carbocycles. The van der Waals surface area contributed by atoms with Crippen molar-refractivity contribution in [2.45, 2.75) is 57.4 Å². The fourth-order valence-electron chi connectivity index (χ4n) is 2.12. The summed E-state index contributed by atoms with van der Waals surface area (Å²) in [5.41, 5.74) is 0. The summed E-state index contributed by atoms with van der Waals surface area (Å²) in [4.78, 5) is 11.8. The van der Waals surface area contributed by atoms with Gasteiger partial charge in [0.05, 0.1) is 0 Å². The molecule has 0 saturated heterocycles. The van der Waals surface area contributed by atoms with E-state index >= 15 is 0 Å². The summed E-state index contributed by atoms with van der Waals surface area (Å²) in [7, 11) is 0. The van der Waals surface area contributed by atoms with Crippen LogP contribution in [-0.4, -0.2) is 23.8 Å². The number of hydrogen-bond acceptors (Lipinski definition) is 1. The lowest BCUT2D eigenvalue weighted by Gasteiger charge is -2.28. The molecule has 0 spiro atoms. The van der Waals surface area contributed by atoms with E-state index in [-0.39, 0.29) is 30.7 Å². The summed E-state index contributed by atoms with van der Waals surface area (Å²) in [6.07, 6.45) is 1.94. The summed E-state index contributed by atoms with van der Waals surface area (Å²) >= 11 is 5.57. The second kappa shape index (κ2) is 6.53. The number of carbonyl (C=O) groups excluding carboxylic acids is 1. The minimum atomic E-state index is -2.57. The number of amides is 1. The van der Waals surface area contributed by atoms with Gasteiger partial charge in [0.25, 0.3) is 0 Å². The van der Waals surface area contributed by atoms with Crippen LogP contribution in [0.25, 0.3) is 0 Å². The lowest BCUT2D eigenvalue weighted by atomic mass is 9.86. The van der Waals surface area contributed by atoms with Crippen LogP contribution in [0.2, 0.25) is 0 Å². The Hall–Kier alpha value is -0.380. The number of hydrogen-bond donors (Lipinski definition) is 1. The molecule has 1 rings (SSSR count). The molecule has 1 fully saturated rings. The van der Waals surface area contributed by atoms with Crippen molar-refractivity contribution < 1.29 is 13.6 Å². The van der Waals surface area contributed by atoms with Crippen LogP contribution >= 0.6 is 11.6 Å². The smallest absolute Gasteiger partial charge is 0.248 e. The molecular formula is C12H20ClF2NO. The van der Waals surface area contributed by atoms with Gasteiger partial charge in [0.15, 0.2) is 0 Å². The molecule has 1 N–H and O–H groups in total. The SMILES string of the molecule is CC(CCCCl)NC(=O)C1CCC(F)(F)CC1. The topological polar surface area (TPSA) is 29.1 Å². The van der Waals surface area contributed by atoms with E-state index < -0.39 is 5.92 Å². The normalized spacial score (nSPS) is 22.1. The van der Waals surface area contributed by atoms with Crippen molar-refractivity contribution in [3.05, 3.63) is 0 Å². The molecule has 0 radical (unpaired) electrons. The minimum absolute atomic E-state index is 0.0729. The van der Waals surface area contributed by atoms with E-state index in [9.17, 15) is 13.6 Å². The van der Waals surface area contributed by atoms with Gasteiger partial charge in [-0.05, 0) is 32.6 Å². The zero-order valence-corrected chi connectivity index (χ0v) is 10.9. The van der Waals surface area contributed by atoms with Crippen LogP contribution < -0.4 is 5.32 Å². The van der Waals surface area contributed by atoms with E-state index in [1.807, 2.05) is 6.92 Å². The van der Waals surface area contributed by atoms with Gasteiger partial charge in [0, 0.05) is 30.7 Å². The first-order valence-corrected chi connectivity index (χ1v) is 6.72. The second-order valence-corrected chi connectivity index (χ2v) is 5.25. The highest BCUT2D eigenvalue weighted by Crippen LogP contribution is 2.36. The van der Waals surface area contributed by atoms with E-state index in [4.69, 9.17) is 11.6 Å².